The second-order valence-electron chi connectivity index (χ2n) is 4.63. The lowest BCUT2D eigenvalue weighted by Crippen LogP contribution is -2.28. The molecule has 0 aliphatic heterocycles. The molecular weight excluding hydrogens is 331 g/mol. The summed E-state index contributed by atoms with van der Waals surface area (Å²) in [5.41, 5.74) is 6.24. The summed E-state index contributed by atoms with van der Waals surface area (Å²) in [5.74, 6) is -0.129. The number of amides is 1. The molecule has 0 bridgehead atoms. The molecule has 1 rings (SSSR count). The molecule has 3 N–H and O–H groups in total. The molecule has 0 saturated carbocycles. The van der Waals surface area contributed by atoms with Crippen LogP contribution in [-0.4, -0.2) is 30.9 Å². The second-order valence-corrected chi connectivity index (χ2v) is 6.62. The lowest BCUT2D eigenvalue weighted by molar-refractivity contribution is -0.118. The Morgan fingerprint density at radius 3 is 2.67 bits per heavy atom. The zero-order valence-electron chi connectivity index (χ0n) is 12.4. The highest BCUT2D eigenvalue weighted by Gasteiger charge is 2.15. The number of rotatable bonds is 7. The van der Waals surface area contributed by atoms with Crippen LogP contribution in [0.1, 0.15) is 20.3 Å². The topological polar surface area (TPSA) is 64.3 Å². The van der Waals surface area contributed by atoms with E-state index in [0.717, 1.165) is 10.6 Å². The molecule has 7 heteroatoms. The first-order valence-electron chi connectivity index (χ1n) is 6.45. The van der Waals surface area contributed by atoms with E-state index in [-0.39, 0.29) is 30.8 Å². The number of methoxy groups -OCH3 is 1. The molecule has 1 aromatic rings. The van der Waals surface area contributed by atoms with Gasteiger partial charge in [-0.05, 0) is 12.1 Å². The molecule has 0 heterocycles. The van der Waals surface area contributed by atoms with Gasteiger partial charge >= 0.3 is 0 Å². The van der Waals surface area contributed by atoms with Gasteiger partial charge in [0, 0.05) is 23.8 Å². The van der Waals surface area contributed by atoms with E-state index in [1.165, 1.54) is 0 Å². The summed E-state index contributed by atoms with van der Waals surface area (Å²) in [6.45, 7) is 4.47. The minimum atomic E-state index is -0.268. The average Bonchev–Trinajstić information content (AvgIpc) is 2.39. The number of halogens is 2. The van der Waals surface area contributed by atoms with Crippen molar-refractivity contribution in [2.45, 2.75) is 36.5 Å². The molecular formula is C14H22Cl2N2O2S. The third kappa shape index (κ3) is 6.89. The van der Waals surface area contributed by atoms with Crippen LogP contribution in [0.5, 0.6) is 0 Å². The fourth-order valence-corrected chi connectivity index (χ4v) is 2.84. The summed E-state index contributed by atoms with van der Waals surface area (Å²) < 4.78 is 5.11. The Hall–Kier alpha value is -0.460. The number of anilines is 1. The Bertz CT molecular complexity index is 455. The maximum Gasteiger partial charge on any atom is 0.227 e. The molecule has 21 heavy (non-hydrogen) atoms. The van der Waals surface area contributed by atoms with Crippen molar-refractivity contribution in [3.8, 4) is 0 Å². The van der Waals surface area contributed by atoms with Gasteiger partial charge in [0.05, 0.1) is 23.2 Å². The van der Waals surface area contributed by atoms with Crippen molar-refractivity contribution in [1.29, 1.82) is 0 Å². The largest absolute Gasteiger partial charge is 0.380 e. The Morgan fingerprint density at radius 1 is 1.48 bits per heavy atom. The lowest BCUT2D eigenvalue weighted by atomic mass is 10.2. The molecule has 0 saturated heterocycles. The van der Waals surface area contributed by atoms with Crippen molar-refractivity contribution in [3.05, 3.63) is 23.2 Å². The van der Waals surface area contributed by atoms with Crippen LogP contribution in [0.25, 0.3) is 0 Å². The smallest absolute Gasteiger partial charge is 0.227 e. The number of nitrogens with two attached hydrogens (primary N) is 1. The first-order chi connectivity index (χ1) is 9.47. The Morgan fingerprint density at radius 2 is 2.14 bits per heavy atom. The van der Waals surface area contributed by atoms with Gasteiger partial charge in [-0.1, -0.05) is 31.5 Å². The molecule has 0 spiro atoms. The number of thioether (sulfide) groups is 1. The predicted molar refractivity (Wildman–Crippen MR) is 92.8 cm³/mol. The molecule has 4 nitrogen and oxygen atoms in total. The second kappa shape index (κ2) is 10.3. The van der Waals surface area contributed by atoms with E-state index in [0.29, 0.717) is 16.8 Å². The summed E-state index contributed by atoms with van der Waals surface area (Å²) >= 11 is 7.82. The quantitative estimate of drug-likeness (QED) is 0.736. The van der Waals surface area contributed by atoms with Crippen molar-refractivity contribution >= 4 is 47.4 Å². The summed E-state index contributed by atoms with van der Waals surface area (Å²) in [6, 6.07) is 5.48. The number of carbonyl (C=O) groups is 1. The summed E-state index contributed by atoms with van der Waals surface area (Å²) in [6.07, 6.45) is -0.0407. The van der Waals surface area contributed by atoms with Crippen LogP contribution in [-0.2, 0) is 9.53 Å². The number of nitrogens with one attached hydrogen (secondary N) is 1. The Labute approximate surface area is 141 Å². The van der Waals surface area contributed by atoms with Crippen molar-refractivity contribution in [1.82, 2.24) is 0 Å². The van der Waals surface area contributed by atoms with Gasteiger partial charge in [-0.25, -0.2) is 0 Å². The molecule has 0 aromatic heterocycles. The van der Waals surface area contributed by atoms with Gasteiger partial charge in [0.2, 0.25) is 5.91 Å². The van der Waals surface area contributed by atoms with E-state index in [2.05, 4.69) is 19.2 Å². The van der Waals surface area contributed by atoms with Gasteiger partial charge in [0.15, 0.2) is 0 Å². The maximum atomic E-state index is 12.0. The first-order valence-corrected chi connectivity index (χ1v) is 7.71. The van der Waals surface area contributed by atoms with Gasteiger partial charge < -0.3 is 15.8 Å². The third-order valence-electron chi connectivity index (χ3n) is 2.60. The first kappa shape index (κ1) is 20.5. The number of ether oxygens (including phenoxy) is 1. The molecule has 120 valence electrons. The molecule has 0 aliphatic carbocycles. The van der Waals surface area contributed by atoms with Crippen molar-refractivity contribution in [2.24, 2.45) is 5.73 Å². The van der Waals surface area contributed by atoms with Crippen LogP contribution in [0.2, 0.25) is 5.02 Å². The number of carbonyl (C=O) groups excluding carboxylic acids is 1. The van der Waals surface area contributed by atoms with Gasteiger partial charge in [-0.2, -0.15) is 0 Å². The Kier molecular flexibility index (Phi) is 10.1. The fraction of sp³-hybridized carbons (Fsp3) is 0.500. The van der Waals surface area contributed by atoms with E-state index >= 15 is 0 Å². The van der Waals surface area contributed by atoms with E-state index in [1.54, 1.807) is 18.9 Å². The summed E-state index contributed by atoms with van der Waals surface area (Å²) in [5, 5.41) is 3.89. The van der Waals surface area contributed by atoms with E-state index in [4.69, 9.17) is 22.1 Å². The van der Waals surface area contributed by atoms with Crippen molar-refractivity contribution < 1.29 is 9.53 Å². The van der Waals surface area contributed by atoms with Crippen LogP contribution >= 0.6 is 35.8 Å². The van der Waals surface area contributed by atoms with Crippen LogP contribution < -0.4 is 11.1 Å². The standard InChI is InChI=1S/C14H21ClN2O2S.ClH/c1-9(2)20-14-11(15)5-4-6-12(14)17-13(18)7-10(8-16)19-3;/h4-6,9-10H,7-8,16H2,1-3H3,(H,17,18);1H. The monoisotopic (exact) mass is 352 g/mol. The molecule has 1 amide bonds. The molecule has 0 radical (unpaired) electrons. The van der Waals surface area contributed by atoms with E-state index in [1.807, 2.05) is 18.2 Å². The molecule has 1 unspecified atom stereocenters. The van der Waals surface area contributed by atoms with Gasteiger partial charge in [-0.3, -0.25) is 4.79 Å². The average molecular weight is 353 g/mol. The third-order valence-corrected chi connectivity index (χ3v) is 4.18. The Balaban J connectivity index is 0.00000400. The van der Waals surface area contributed by atoms with Gasteiger partial charge in [-0.15, -0.1) is 24.2 Å². The zero-order chi connectivity index (χ0) is 15.1. The highest BCUT2D eigenvalue weighted by atomic mass is 35.5. The van der Waals surface area contributed by atoms with Crippen LogP contribution in [0, 0.1) is 0 Å². The number of hydrogen-bond donors (Lipinski definition) is 2. The minimum Gasteiger partial charge on any atom is -0.380 e. The van der Waals surface area contributed by atoms with Crippen molar-refractivity contribution in [2.75, 3.05) is 19.0 Å². The SMILES string of the molecule is COC(CN)CC(=O)Nc1cccc(Cl)c1SC(C)C.Cl. The van der Waals surface area contributed by atoms with Crippen LogP contribution in [0.4, 0.5) is 5.69 Å². The molecule has 1 aromatic carbocycles. The summed E-state index contributed by atoms with van der Waals surface area (Å²) in [7, 11) is 1.55. The lowest BCUT2D eigenvalue weighted by Gasteiger charge is -2.16. The highest BCUT2D eigenvalue weighted by molar-refractivity contribution is 8.00. The molecule has 1 atom stereocenters. The van der Waals surface area contributed by atoms with Crippen LogP contribution in [0.15, 0.2) is 23.1 Å². The minimum absolute atomic E-state index is 0. The maximum absolute atomic E-state index is 12.0. The van der Waals surface area contributed by atoms with Crippen LogP contribution in [0.3, 0.4) is 0 Å². The fourth-order valence-electron chi connectivity index (χ4n) is 1.63. The van der Waals surface area contributed by atoms with Gasteiger partial charge in [0.25, 0.3) is 0 Å². The summed E-state index contributed by atoms with van der Waals surface area (Å²) in [4.78, 5) is 12.9. The molecule has 0 aliphatic rings. The predicted octanol–water partition coefficient (Wildman–Crippen LogP) is 3.56. The number of benzene rings is 1. The highest BCUT2D eigenvalue weighted by Crippen LogP contribution is 2.36. The van der Waals surface area contributed by atoms with E-state index in [9.17, 15) is 4.79 Å². The van der Waals surface area contributed by atoms with Crippen molar-refractivity contribution in [3.63, 3.8) is 0 Å². The normalized spacial score (nSPS) is 11.9. The van der Waals surface area contributed by atoms with Gasteiger partial charge in [0.1, 0.15) is 0 Å². The van der Waals surface area contributed by atoms with E-state index < -0.39 is 0 Å². The number of hydrogen-bond acceptors (Lipinski definition) is 4. The zero-order valence-corrected chi connectivity index (χ0v) is 14.8. The molecule has 0 fully saturated rings.